The summed E-state index contributed by atoms with van der Waals surface area (Å²) >= 11 is 0. The van der Waals surface area contributed by atoms with E-state index in [4.69, 9.17) is 5.11 Å². The normalized spacial score (nSPS) is 10.0. The summed E-state index contributed by atoms with van der Waals surface area (Å²) in [6.45, 7) is 4.53. The average molecular weight is 149 g/mol. The maximum Gasteiger partial charge on any atom is 0.302 e. The van der Waals surface area contributed by atoms with E-state index in [0.29, 0.717) is 0 Å². The average Bonchev–Trinajstić information content (AvgIpc) is 1.59. The molecule has 0 amide bonds. The molecule has 0 saturated heterocycles. The SMILES string of the molecule is CC(=O)OCC(C)(C)O.N. The van der Waals surface area contributed by atoms with E-state index in [-0.39, 0.29) is 18.7 Å². The largest absolute Gasteiger partial charge is 0.463 e. The molecule has 0 aliphatic heterocycles. The van der Waals surface area contributed by atoms with Crippen LogP contribution in [0, 0.1) is 0 Å². The Hall–Kier alpha value is -0.610. The second kappa shape index (κ2) is 4.24. The van der Waals surface area contributed by atoms with Crippen LogP contribution >= 0.6 is 0 Å². The zero-order valence-electron chi connectivity index (χ0n) is 6.68. The van der Waals surface area contributed by atoms with Gasteiger partial charge in [0.15, 0.2) is 0 Å². The minimum atomic E-state index is -0.911. The van der Waals surface area contributed by atoms with E-state index in [1.165, 1.54) is 6.92 Å². The van der Waals surface area contributed by atoms with Gasteiger partial charge in [-0.1, -0.05) is 0 Å². The van der Waals surface area contributed by atoms with Crippen molar-refractivity contribution in [3.05, 3.63) is 0 Å². The van der Waals surface area contributed by atoms with E-state index in [1.807, 2.05) is 0 Å². The molecule has 0 aromatic heterocycles. The fraction of sp³-hybridized carbons (Fsp3) is 0.833. The van der Waals surface area contributed by atoms with Gasteiger partial charge in [-0.05, 0) is 13.8 Å². The standard InChI is InChI=1S/C6H12O3.H3N/c1-5(7)9-4-6(2,3)8;/h8H,4H2,1-3H3;1H3. The molecule has 4 heteroatoms. The molecular weight excluding hydrogens is 134 g/mol. The smallest absolute Gasteiger partial charge is 0.302 e. The second-order valence-electron chi connectivity index (χ2n) is 2.59. The van der Waals surface area contributed by atoms with Crippen LogP contribution in [0.2, 0.25) is 0 Å². The summed E-state index contributed by atoms with van der Waals surface area (Å²) in [5.74, 6) is -0.364. The minimum Gasteiger partial charge on any atom is -0.463 e. The van der Waals surface area contributed by atoms with Gasteiger partial charge >= 0.3 is 5.97 Å². The van der Waals surface area contributed by atoms with Crippen LogP contribution in [0.5, 0.6) is 0 Å². The van der Waals surface area contributed by atoms with Crippen LogP contribution < -0.4 is 6.15 Å². The minimum absolute atomic E-state index is 0. The highest BCUT2D eigenvalue weighted by Gasteiger charge is 2.13. The van der Waals surface area contributed by atoms with Crippen LogP contribution in [-0.4, -0.2) is 23.3 Å². The summed E-state index contributed by atoms with van der Waals surface area (Å²) in [5, 5.41) is 8.99. The first-order valence-corrected chi connectivity index (χ1v) is 2.77. The molecule has 4 nitrogen and oxygen atoms in total. The first kappa shape index (κ1) is 12.1. The van der Waals surface area contributed by atoms with E-state index < -0.39 is 5.60 Å². The van der Waals surface area contributed by atoms with Crippen molar-refractivity contribution in [2.75, 3.05) is 6.61 Å². The number of ether oxygens (including phenoxy) is 1. The summed E-state index contributed by atoms with van der Waals surface area (Å²) < 4.78 is 4.52. The van der Waals surface area contributed by atoms with Crippen molar-refractivity contribution in [1.29, 1.82) is 0 Å². The van der Waals surface area contributed by atoms with Crippen molar-refractivity contribution < 1.29 is 14.6 Å². The monoisotopic (exact) mass is 149 g/mol. The van der Waals surface area contributed by atoms with Gasteiger partial charge in [0.25, 0.3) is 0 Å². The van der Waals surface area contributed by atoms with Gasteiger partial charge in [0.1, 0.15) is 6.61 Å². The summed E-state index contributed by atoms with van der Waals surface area (Å²) in [6.07, 6.45) is 0. The van der Waals surface area contributed by atoms with Gasteiger partial charge < -0.3 is 16.0 Å². The van der Waals surface area contributed by atoms with Crippen LogP contribution in [-0.2, 0) is 9.53 Å². The van der Waals surface area contributed by atoms with Gasteiger partial charge in [-0.25, -0.2) is 0 Å². The van der Waals surface area contributed by atoms with Crippen LogP contribution in [0.15, 0.2) is 0 Å². The van der Waals surface area contributed by atoms with Crippen molar-refractivity contribution in [2.24, 2.45) is 0 Å². The molecule has 0 unspecified atom stereocenters. The van der Waals surface area contributed by atoms with Crippen LogP contribution in [0.25, 0.3) is 0 Å². The maximum absolute atomic E-state index is 10.2. The van der Waals surface area contributed by atoms with Gasteiger partial charge in [0, 0.05) is 6.92 Å². The topological polar surface area (TPSA) is 81.5 Å². The van der Waals surface area contributed by atoms with Gasteiger partial charge in [-0.2, -0.15) is 0 Å². The first-order chi connectivity index (χ1) is 3.92. The van der Waals surface area contributed by atoms with Crippen LogP contribution in [0.1, 0.15) is 20.8 Å². The predicted octanol–water partition coefficient (Wildman–Crippen LogP) is 0.482. The van der Waals surface area contributed by atoms with Crippen molar-refractivity contribution in [3.63, 3.8) is 0 Å². The second-order valence-corrected chi connectivity index (χ2v) is 2.59. The summed E-state index contributed by atoms with van der Waals surface area (Å²) in [7, 11) is 0. The molecule has 0 aromatic carbocycles. The Kier molecular flexibility index (Phi) is 5.14. The summed E-state index contributed by atoms with van der Waals surface area (Å²) in [6, 6.07) is 0. The molecule has 4 N–H and O–H groups in total. The summed E-state index contributed by atoms with van der Waals surface area (Å²) in [5.41, 5.74) is -0.911. The number of hydrogen-bond acceptors (Lipinski definition) is 4. The predicted molar refractivity (Wildman–Crippen MR) is 38.0 cm³/mol. The van der Waals surface area contributed by atoms with E-state index in [9.17, 15) is 4.79 Å². The lowest BCUT2D eigenvalue weighted by Gasteiger charge is -2.15. The molecule has 0 aromatic rings. The third kappa shape index (κ3) is 10.4. The molecule has 0 radical (unpaired) electrons. The van der Waals surface area contributed by atoms with Gasteiger partial charge in [0.05, 0.1) is 5.60 Å². The highest BCUT2D eigenvalue weighted by Crippen LogP contribution is 2.00. The number of carbonyl (C=O) groups is 1. The first-order valence-electron chi connectivity index (χ1n) is 2.77. The number of hydrogen-bond donors (Lipinski definition) is 2. The lowest BCUT2D eigenvalue weighted by atomic mass is 10.2. The molecule has 0 bridgehead atoms. The molecule has 62 valence electrons. The van der Waals surface area contributed by atoms with Crippen molar-refractivity contribution >= 4 is 5.97 Å². The third-order valence-electron chi connectivity index (χ3n) is 0.629. The number of rotatable bonds is 2. The zero-order chi connectivity index (χ0) is 7.49. The summed E-state index contributed by atoms with van der Waals surface area (Å²) in [4.78, 5) is 10.2. The van der Waals surface area contributed by atoms with Crippen molar-refractivity contribution in [2.45, 2.75) is 26.4 Å². The Balaban J connectivity index is 0. The molecule has 0 aliphatic carbocycles. The Morgan fingerprint density at radius 3 is 2.10 bits per heavy atom. The lowest BCUT2D eigenvalue weighted by molar-refractivity contribution is -0.147. The molecule has 10 heavy (non-hydrogen) atoms. The highest BCUT2D eigenvalue weighted by atomic mass is 16.5. The zero-order valence-corrected chi connectivity index (χ0v) is 6.68. The number of esters is 1. The van der Waals surface area contributed by atoms with E-state index in [1.54, 1.807) is 13.8 Å². The molecule has 0 atom stereocenters. The number of aliphatic hydroxyl groups is 1. The van der Waals surface area contributed by atoms with Crippen molar-refractivity contribution in [3.8, 4) is 0 Å². The highest BCUT2D eigenvalue weighted by molar-refractivity contribution is 5.65. The quantitative estimate of drug-likeness (QED) is 0.559. The molecule has 0 heterocycles. The van der Waals surface area contributed by atoms with E-state index in [2.05, 4.69) is 4.74 Å². The van der Waals surface area contributed by atoms with Gasteiger partial charge in [-0.3, -0.25) is 4.79 Å². The fourth-order valence-corrected chi connectivity index (χ4v) is 0.278. The number of carbonyl (C=O) groups excluding carboxylic acids is 1. The maximum atomic E-state index is 10.2. The Morgan fingerprint density at radius 2 is 2.00 bits per heavy atom. The molecular formula is C6H15NO3. The van der Waals surface area contributed by atoms with E-state index in [0.717, 1.165) is 0 Å². The van der Waals surface area contributed by atoms with Crippen LogP contribution in [0.4, 0.5) is 0 Å². The lowest BCUT2D eigenvalue weighted by Crippen LogP contribution is -2.27. The Labute approximate surface area is 60.8 Å². The molecule has 0 spiro atoms. The fourth-order valence-electron chi connectivity index (χ4n) is 0.278. The molecule has 0 saturated carbocycles. The molecule has 0 aliphatic rings. The van der Waals surface area contributed by atoms with E-state index >= 15 is 0 Å². The van der Waals surface area contributed by atoms with Crippen molar-refractivity contribution in [1.82, 2.24) is 6.15 Å². The molecule has 0 fully saturated rings. The third-order valence-corrected chi connectivity index (χ3v) is 0.629. The Bertz CT molecular complexity index is 106. The Morgan fingerprint density at radius 1 is 1.60 bits per heavy atom. The molecule has 0 rings (SSSR count). The van der Waals surface area contributed by atoms with Gasteiger partial charge in [0.2, 0.25) is 0 Å². The van der Waals surface area contributed by atoms with Crippen LogP contribution in [0.3, 0.4) is 0 Å². The van der Waals surface area contributed by atoms with Gasteiger partial charge in [-0.15, -0.1) is 0 Å².